The topological polar surface area (TPSA) is 81.7 Å². The molecule has 27 heavy (non-hydrogen) atoms. The van der Waals surface area contributed by atoms with Crippen LogP contribution in [-0.2, 0) is 9.47 Å². The van der Waals surface area contributed by atoms with Crippen molar-refractivity contribution in [3.63, 3.8) is 0 Å². The van der Waals surface area contributed by atoms with Crippen molar-refractivity contribution in [2.45, 2.75) is 13.8 Å². The van der Waals surface area contributed by atoms with Crippen molar-refractivity contribution < 1.29 is 23.9 Å². The van der Waals surface area contributed by atoms with Gasteiger partial charge in [-0.2, -0.15) is 0 Å². The van der Waals surface area contributed by atoms with Gasteiger partial charge in [-0.3, -0.25) is 4.79 Å². The first kappa shape index (κ1) is 19.9. The highest BCUT2D eigenvalue weighted by Gasteiger charge is 2.15. The Kier molecular flexibility index (Phi) is 6.49. The van der Waals surface area contributed by atoms with Crippen LogP contribution in [0.25, 0.3) is 0 Å². The van der Waals surface area contributed by atoms with Crippen molar-refractivity contribution in [3.8, 4) is 0 Å². The number of aryl methyl sites for hydroxylation is 2. The fraction of sp³-hybridized carbons (Fsp3) is 0.190. The number of methoxy groups -OCH3 is 2. The molecule has 0 fully saturated rings. The monoisotopic (exact) mass is 367 g/mol. The highest BCUT2D eigenvalue weighted by atomic mass is 16.5. The number of ether oxygens (including phenoxy) is 2. The van der Waals surface area contributed by atoms with Crippen molar-refractivity contribution >= 4 is 23.4 Å². The molecule has 0 radical (unpaired) electrons. The number of anilines is 1. The average molecular weight is 367 g/mol. The number of esters is 2. The minimum atomic E-state index is -0.567. The number of carbonyl (C=O) groups excluding carboxylic acids is 3. The van der Waals surface area contributed by atoms with Crippen LogP contribution in [0.15, 0.2) is 48.7 Å². The van der Waals surface area contributed by atoms with E-state index in [9.17, 15) is 14.4 Å². The lowest BCUT2D eigenvalue weighted by atomic mass is 10.0. The molecular weight excluding hydrogens is 346 g/mol. The van der Waals surface area contributed by atoms with Crippen LogP contribution in [-0.4, -0.2) is 31.9 Å². The lowest BCUT2D eigenvalue weighted by Crippen LogP contribution is -2.08. The number of rotatable bonds is 6. The zero-order valence-corrected chi connectivity index (χ0v) is 15.7. The van der Waals surface area contributed by atoms with Gasteiger partial charge in [0.25, 0.3) is 0 Å². The number of hydrogen-bond donors (Lipinski definition) is 1. The molecule has 0 unspecified atom stereocenters. The molecule has 0 aliphatic carbocycles. The molecule has 2 aromatic rings. The van der Waals surface area contributed by atoms with Gasteiger partial charge >= 0.3 is 11.9 Å². The van der Waals surface area contributed by atoms with Gasteiger partial charge in [-0.25, -0.2) is 9.59 Å². The van der Waals surface area contributed by atoms with Crippen LogP contribution in [0.4, 0.5) is 5.69 Å². The Morgan fingerprint density at radius 1 is 0.852 bits per heavy atom. The summed E-state index contributed by atoms with van der Waals surface area (Å²) < 4.78 is 9.42. The van der Waals surface area contributed by atoms with Crippen LogP contribution in [0, 0.1) is 13.8 Å². The number of carbonyl (C=O) groups is 3. The van der Waals surface area contributed by atoms with E-state index in [0.717, 1.165) is 11.1 Å². The molecule has 6 nitrogen and oxygen atoms in total. The molecule has 2 aromatic carbocycles. The first-order valence-corrected chi connectivity index (χ1v) is 8.22. The Morgan fingerprint density at radius 2 is 1.52 bits per heavy atom. The first-order chi connectivity index (χ1) is 12.9. The van der Waals surface area contributed by atoms with Gasteiger partial charge in [-0.1, -0.05) is 12.1 Å². The van der Waals surface area contributed by atoms with Gasteiger partial charge in [0.15, 0.2) is 5.78 Å². The molecule has 6 heteroatoms. The van der Waals surface area contributed by atoms with E-state index in [1.54, 1.807) is 6.07 Å². The molecule has 0 amide bonds. The van der Waals surface area contributed by atoms with Crippen LogP contribution in [0.3, 0.4) is 0 Å². The number of ketones is 1. The molecule has 0 saturated heterocycles. The highest BCUT2D eigenvalue weighted by molar-refractivity contribution is 6.05. The lowest BCUT2D eigenvalue weighted by molar-refractivity contribution is 0.0587. The van der Waals surface area contributed by atoms with Crippen LogP contribution in [0.5, 0.6) is 0 Å². The molecule has 2 rings (SSSR count). The predicted octanol–water partition coefficient (Wildman–Crippen LogP) is 3.69. The van der Waals surface area contributed by atoms with Crippen LogP contribution in [0.2, 0.25) is 0 Å². The summed E-state index contributed by atoms with van der Waals surface area (Å²) in [7, 11) is 2.53. The molecule has 0 saturated carbocycles. The summed E-state index contributed by atoms with van der Waals surface area (Å²) >= 11 is 0. The molecule has 0 aliphatic rings. The van der Waals surface area contributed by atoms with Gasteiger partial charge in [0.1, 0.15) is 0 Å². The quantitative estimate of drug-likeness (QED) is 0.476. The van der Waals surface area contributed by atoms with Gasteiger partial charge in [-0.05, 0) is 49.2 Å². The third kappa shape index (κ3) is 4.82. The van der Waals surface area contributed by atoms with E-state index >= 15 is 0 Å². The van der Waals surface area contributed by atoms with E-state index in [1.165, 1.54) is 44.7 Å². The van der Waals surface area contributed by atoms with Gasteiger partial charge in [0.2, 0.25) is 0 Å². The molecule has 0 spiro atoms. The second-order valence-corrected chi connectivity index (χ2v) is 5.88. The van der Waals surface area contributed by atoms with Crippen molar-refractivity contribution in [2.24, 2.45) is 0 Å². The normalized spacial score (nSPS) is 10.5. The number of hydrogen-bond acceptors (Lipinski definition) is 6. The average Bonchev–Trinajstić information content (AvgIpc) is 2.68. The predicted molar refractivity (Wildman–Crippen MR) is 102 cm³/mol. The second-order valence-electron chi connectivity index (χ2n) is 5.88. The molecule has 0 bridgehead atoms. The molecule has 0 atom stereocenters. The van der Waals surface area contributed by atoms with E-state index in [-0.39, 0.29) is 16.9 Å². The number of benzene rings is 2. The summed E-state index contributed by atoms with van der Waals surface area (Å²) in [5.74, 6) is -1.29. The molecule has 140 valence electrons. The third-order valence-electron chi connectivity index (χ3n) is 4.11. The van der Waals surface area contributed by atoms with E-state index < -0.39 is 11.9 Å². The maximum absolute atomic E-state index is 12.3. The molecule has 1 N–H and O–H groups in total. The zero-order valence-electron chi connectivity index (χ0n) is 15.7. The Hall–Kier alpha value is -3.41. The van der Waals surface area contributed by atoms with Crippen molar-refractivity contribution in [2.75, 3.05) is 19.5 Å². The Bertz CT molecular complexity index is 915. The minimum Gasteiger partial charge on any atom is -0.465 e. The Balaban J connectivity index is 2.25. The fourth-order valence-electron chi connectivity index (χ4n) is 2.39. The van der Waals surface area contributed by atoms with Gasteiger partial charge in [0, 0.05) is 17.8 Å². The maximum Gasteiger partial charge on any atom is 0.339 e. The SMILES string of the molecule is COC(=O)c1ccc(C(=O)OC)c(N/C=C/C(=O)c2ccc(C)c(C)c2)c1. The smallest absolute Gasteiger partial charge is 0.339 e. The van der Waals surface area contributed by atoms with Crippen LogP contribution < -0.4 is 5.32 Å². The number of nitrogens with one attached hydrogen (secondary N) is 1. The summed E-state index contributed by atoms with van der Waals surface area (Å²) in [4.78, 5) is 35.9. The lowest BCUT2D eigenvalue weighted by Gasteiger charge is -2.09. The minimum absolute atomic E-state index is 0.186. The maximum atomic E-state index is 12.3. The molecule has 0 heterocycles. The Morgan fingerprint density at radius 3 is 2.15 bits per heavy atom. The van der Waals surface area contributed by atoms with E-state index in [0.29, 0.717) is 11.3 Å². The summed E-state index contributed by atoms with van der Waals surface area (Å²) in [6, 6.07) is 9.85. The van der Waals surface area contributed by atoms with Crippen molar-refractivity contribution in [1.82, 2.24) is 0 Å². The van der Waals surface area contributed by atoms with Crippen LogP contribution >= 0.6 is 0 Å². The van der Waals surface area contributed by atoms with E-state index in [1.807, 2.05) is 26.0 Å². The van der Waals surface area contributed by atoms with Gasteiger partial charge in [0.05, 0.1) is 31.0 Å². The zero-order chi connectivity index (χ0) is 20.0. The standard InChI is InChI=1S/C21H21NO5/c1-13-5-6-15(11-14(13)2)19(23)9-10-22-18-12-16(20(24)26-3)7-8-17(18)21(25)27-4/h5-12,22H,1-4H3/b10-9+. The molecular formula is C21H21NO5. The third-order valence-corrected chi connectivity index (χ3v) is 4.11. The first-order valence-electron chi connectivity index (χ1n) is 8.22. The summed E-state index contributed by atoms with van der Waals surface area (Å²) in [6.07, 6.45) is 2.77. The van der Waals surface area contributed by atoms with E-state index in [2.05, 4.69) is 10.1 Å². The van der Waals surface area contributed by atoms with Crippen molar-refractivity contribution in [1.29, 1.82) is 0 Å². The highest BCUT2D eigenvalue weighted by Crippen LogP contribution is 2.20. The molecule has 0 aromatic heterocycles. The van der Waals surface area contributed by atoms with Gasteiger partial charge in [-0.15, -0.1) is 0 Å². The van der Waals surface area contributed by atoms with E-state index in [4.69, 9.17) is 4.74 Å². The summed E-state index contributed by atoms with van der Waals surface area (Å²) in [6.45, 7) is 3.92. The van der Waals surface area contributed by atoms with Crippen molar-refractivity contribution in [3.05, 3.63) is 76.5 Å². The molecule has 0 aliphatic heterocycles. The summed E-state index contributed by atoms with van der Waals surface area (Å²) in [5, 5.41) is 2.86. The second kappa shape index (κ2) is 8.80. The largest absolute Gasteiger partial charge is 0.465 e. The Labute approximate surface area is 157 Å². The number of allylic oxidation sites excluding steroid dienone is 1. The van der Waals surface area contributed by atoms with Crippen LogP contribution in [0.1, 0.15) is 42.2 Å². The summed E-state index contributed by atoms with van der Waals surface area (Å²) in [5.41, 5.74) is 3.52. The fourth-order valence-corrected chi connectivity index (χ4v) is 2.39. The van der Waals surface area contributed by atoms with Gasteiger partial charge < -0.3 is 14.8 Å².